The molecule has 0 radical (unpaired) electrons. The van der Waals surface area contributed by atoms with Gasteiger partial charge >= 0.3 is 0 Å². The van der Waals surface area contributed by atoms with Gasteiger partial charge in [0.05, 0.1) is 4.47 Å². The van der Waals surface area contributed by atoms with Crippen LogP contribution in [0, 0.1) is 5.82 Å². The second-order valence-corrected chi connectivity index (χ2v) is 7.12. The Morgan fingerprint density at radius 1 is 1.35 bits per heavy atom. The molecule has 8 heteroatoms. The Kier molecular flexibility index (Phi) is 4.29. The molecule has 0 fully saturated rings. The van der Waals surface area contributed by atoms with E-state index in [0.717, 1.165) is 8.68 Å². The second kappa shape index (κ2) is 5.55. The Labute approximate surface area is 119 Å². The first-order chi connectivity index (χ1) is 8.10. The molecule has 2 rings (SSSR count). The van der Waals surface area contributed by atoms with Gasteiger partial charge in [-0.15, -0.1) is 10.2 Å². The summed E-state index contributed by atoms with van der Waals surface area (Å²) in [5.41, 5.74) is 6.33. The second-order valence-electron chi connectivity index (χ2n) is 2.94. The topological polar surface area (TPSA) is 51.8 Å². The smallest absolute Gasteiger partial charge is 0.179 e. The van der Waals surface area contributed by atoms with Crippen LogP contribution < -0.4 is 5.73 Å². The zero-order valence-corrected chi connectivity index (χ0v) is 12.6. The Balaban J connectivity index is 2.26. The highest BCUT2D eigenvalue weighted by Crippen LogP contribution is 2.37. The molecule has 0 saturated heterocycles. The standard InChI is InChI=1S/C9H7BrFN3S3/c1-15-8-13-14-9(17-8)16-7-3-5(11)4(10)2-6(7)12/h2-3H,12H2,1H3. The van der Waals surface area contributed by atoms with Gasteiger partial charge in [0.25, 0.3) is 0 Å². The van der Waals surface area contributed by atoms with Crippen LogP contribution in [0.2, 0.25) is 0 Å². The molecule has 1 aromatic carbocycles. The van der Waals surface area contributed by atoms with Crippen molar-refractivity contribution in [2.45, 2.75) is 13.6 Å². The first-order valence-corrected chi connectivity index (χ1v) is 8.05. The number of hydrogen-bond acceptors (Lipinski definition) is 6. The highest BCUT2D eigenvalue weighted by atomic mass is 79.9. The summed E-state index contributed by atoms with van der Waals surface area (Å²) in [6, 6.07) is 2.94. The number of rotatable bonds is 3. The number of benzene rings is 1. The number of nitrogens with two attached hydrogens (primary N) is 1. The molecule has 0 aliphatic carbocycles. The molecule has 0 bridgehead atoms. The highest BCUT2D eigenvalue weighted by Gasteiger charge is 2.10. The van der Waals surface area contributed by atoms with Gasteiger partial charge in [0, 0.05) is 10.6 Å². The lowest BCUT2D eigenvalue weighted by atomic mass is 10.3. The van der Waals surface area contributed by atoms with Gasteiger partial charge < -0.3 is 5.73 Å². The van der Waals surface area contributed by atoms with E-state index >= 15 is 0 Å². The quantitative estimate of drug-likeness (QED) is 0.671. The van der Waals surface area contributed by atoms with Crippen LogP contribution >= 0.6 is 50.8 Å². The van der Waals surface area contributed by atoms with E-state index in [1.165, 1.54) is 40.9 Å². The summed E-state index contributed by atoms with van der Waals surface area (Å²) in [7, 11) is 0. The summed E-state index contributed by atoms with van der Waals surface area (Å²) in [5, 5.41) is 7.96. The molecule has 0 amide bonds. The fourth-order valence-electron chi connectivity index (χ4n) is 1.05. The molecule has 2 aromatic rings. The van der Waals surface area contributed by atoms with E-state index in [2.05, 4.69) is 26.1 Å². The minimum absolute atomic E-state index is 0.337. The Hall–Kier alpha value is -0.310. The van der Waals surface area contributed by atoms with Gasteiger partial charge in [-0.1, -0.05) is 34.9 Å². The van der Waals surface area contributed by atoms with Crippen molar-refractivity contribution in [2.24, 2.45) is 0 Å². The van der Waals surface area contributed by atoms with Crippen LogP contribution in [-0.4, -0.2) is 16.5 Å². The highest BCUT2D eigenvalue weighted by molar-refractivity contribution is 9.10. The van der Waals surface area contributed by atoms with Crippen molar-refractivity contribution in [1.82, 2.24) is 10.2 Å². The lowest BCUT2D eigenvalue weighted by Crippen LogP contribution is -1.90. The largest absolute Gasteiger partial charge is 0.398 e. The molecule has 1 aromatic heterocycles. The van der Waals surface area contributed by atoms with Crippen molar-refractivity contribution in [3.05, 3.63) is 22.4 Å². The molecule has 17 heavy (non-hydrogen) atoms. The number of hydrogen-bond donors (Lipinski definition) is 1. The zero-order chi connectivity index (χ0) is 12.4. The summed E-state index contributed by atoms with van der Waals surface area (Å²) in [6.07, 6.45) is 1.93. The number of nitrogens with zero attached hydrogens (tertiary/aromatic N) is 2. The molecule has 0 saturated carbocycles. The maximum absolute atomic E-state index is 13.4. The number of anilines is 1. The van der Waals surface area contributed by atoms with Crippen molar-refractivity contribution in [1.29, 1.82) is 0 Å². The molecular formula is C9H7BrFN3S3. The van der Waals surface area contributed by atoms with E-state index in [1.54, 1.807) is 6.07 Å². The van der Waals surface area contributed by atoms with Gasteiger partial charge in [-0.2, -0.15) is 0 Å². The third-order valence-electron chi connectivity index (χ3n) is 1.81. The van der Waals surface area contributed by atoms with Gasteiger partial charge in [0.15, 0.2) is 8.68 Å². The van der Waals surface area contributed by atoms with Crippen LogP contribution in [0.3, 0.4) is 0 Å². The summed E-state index contributed by atoms with van der Waals surface area (Å²) in [4.78, 5) is 0.648. The first-order valence-electron chi connectivity index (χ1n) is 4.40. The number of halogens is 2. The number of nitrogen functional groups attached to an aromatic ring is 1. The Bertz CT molecular complexity index is 546. The normalized spacial score (nSPS) is 10.8. The van der Waals surface area contributed by atoms with Crippen LogP contribution in [0.5, 0.6) is 0 Å². The molecule has 0 atom stereocenters. The molecule has 0 unspecified atom stereocenters. The first kappa shape index (κ1) is 13.1. The van der Waals surface area contributed by atoms with E-state index in [1.807, 2.05) is 6.26 Å². The van der Waals surface area contributed by atoms with Gasteiger partial charge in [0.2, 0.25) is 0 Å². The summed E-state index contributed by atoms with van der Waals surface area (Å²) in [5.74, 6) is -0.337. The molecular weight excluding hydrogens is 345 g/mol. The summed E-state index contributed by atoms with van der Waals surface area (Å²) in [6.45, 7) is 0. The SMILES string of the molecule is CSc1nnc(Sc2cc(F)c(Br)cc2N)s1. The fourth-order valence-corrected chi connectivity index (χ4v) is 3.85. The maximum Gasteiger partial charge on any atom is 0.179 e. The molecule has 0 aliphatic heterocycles. The predicted molar refractivity (Wildman–Crippen MR) is 74.3 cm³/mol. The maximum atomic E-state index is 13.4. The summed E-state index contributed by atoms with van der Waals surface area (Å²) >= 11 is 7.40. The Morgan fingerprint density at radius 2 is 2.06 bits per heavy atom. The van der Waals surface area contributed by atoms with Gasteiger partial charge in [-0.3, -0.25) is 0 Å². The zero-order valence-electron chi connectivity index (χ0n) is 8.61. The minimum Gasteiger partial charge on any atom is -0.398 e. The monoisotopic (exact) mass is 351 g/mol. The van der Waals surface area contributed by atoms with Gasteiger partial charge in [-0.25, -0.2) is 4.39 Å². The molecule has 0 aliphatic rings. The Morgan fingerprint density at radius 3 is 2.71 bits per heavy atom. The lowest BCUT2D eigenvalue weighted by molar-refractivity contribution is 0.618. The van der Waals surface area contributed by atoms with Crippen molar-refractivity contribution < 1.29 is 4.39 Å². The fraction of sp³-hybridized carbons (Fsp3) is 0.111. The minimum atomic E-state index is -0.337. The van der Waals surface area contributed by atoms with Crippen molar-refractivity contribution in [3.8, 4) is 0 Å². The van der Waals surface area contributed by atoms with Crippen LogP contribution in [0.1, 0.15) is 0 Å². The average Bonchev–Trinajstić information content (AvgIpc) is 2.73. The molecule has 2 N–H and O–H groups in total. The van der Waals surface area contributed by atoms with Crippen LogP contribution in [0.25, 0.3) is 0 Å². The van der Waals surface area contributed by atoms with E-state index in [9.17, 15) is 4.39 Å². The van der Waals surface area contributed by atoms with E-state index in [0.29, 0.717) is 15.1 Å². The average molecular weight is 352 g/mol. The number of thioether (sulfide) groups is 1. The molecule has 1 heterocycles. The van der Waals surface area contributed by atoms with E-state index < -0.39 is 0 Å². The van der Waals surface area contributed by atoms with Crippen LogP contribution in [-0.2, 0) is 0 Å². The van der Waals surface area contributed by atoms with E-state index in [-0.39, 0.29) is 5.82 Å². The molecule has 0 spiro atoms. The molecule has 3 nitrogen and oxygen atoms in total. The lowest BCUT2D eigenvalue weighted by Gasteiger charge is -2.04. The van der Waals surface area contributed by atoms with Crippen LogP contribution in [0.4, 0.5) is 10.1 Å². The van der Waals surface area contributed by atoms with E-state index in [4.69, 9.17) is 5.73 Å². The van der Waals surface area contributed by atoms with Gasteiger partial charge in [-0.05, 0) is 34.3 Å². The third-order valence-corrected chi connectivity index (χ3v) is 5.44. The van der Waals surface area contributed by atoms with Crippen molar-refractivity contribution >= 4 is 56.5 Å². The van der Waals surface area contributed by atoms with Crippen LogP contribution in [0.15, 0.2) is 30.2 Å². The summed E-state index contributed by atoms with van der Waals surface area (Å²) < 4.78 is 15.4. The predicted octanol–water partition coefficient (Wildman–Crippen LogP) is 3.90. The van der Waals surface area contributed by atoms with Crippen molar-refractivity contribution in [3.63, 3.8) is 0 Å². The van der Waals surface area contributed by atoms with Crippen molar-refractivity contribution in [2.75, 3.05) is 12.0 Å². The third kappa shape index (κ3) is 3.12. The van der Waals surface area contributed by atoms with Gasteiger partial charge in [0.1, 0.15) is 5.82 Å². The number of aromatic nitrogens is 2. The molecule has 90 valence electrons.